The molecule has 0 aliphatic carbocycles. The first-order valence-corrected chi connectivity index (χ1v) is 7.59. The van der Waals surface area contributed by atoms with Gasteiger partial charge in [-0.05, 0) is 31.2 Å². The van der Waals surface area contributed by atoms with E-state index in [1.165, 1.54) is 12.1 Å². The Labute approximate surface area is 137 Å². The summed E-state index contributed by atoms with van der Waals surface area (Å²) < 4.78 is 13.7. The topological polar surface area (TPSA) is 57.8 Å². The van der Waals surface area contributed by atoms with Crippen LogP contribution in [0.1, 0.15) is 24.4 Å². The number of hydrogen-bond acceptors (Lipinski definition) is 2. The van der Waals surface area contributed by atoms with E-state index in [1.807, 2.05) is 31.2 Å². The predicted octanol–water partition coefficient (Wildman–Crippen LogP) is 3.78. The molecule has 118 valence electrons. The van der Waals surface area contributed by atoms with Crippen molar-refractivity contribution in [1.82, 2.24) is 15.3 Å². The average Bonchev–Trinajstić information content (AvgIpc) is 2.95. The standard InChI is InChI=1S/C17H15ClFN3O/c1-10(17-21-14-7-2-3-8-15(14)22-17)20-16(23)9-11-12(18)5-4-6-13(11)19/h2-8,10H,9H2,1H3,(H,20,23)(H,21,22)/t10-/m1/s1. The Morgan fingerprint density at radius 1 is 1.30 bits per heavy atom. The van der Waals surface area contributed by atoms with Crippen molar-refractivity contribution in [1.29, 1.82) is 0 Å². The molecule has 0 aliphatic heterocycles. The minimum atomic E-state index is -0.482. The van der Waals surface area contributed by atoms with E-state index < -0.39 is 5.82 Å². The van der Waals surface area contributed by atoms with Gasteiger partial charge >= 0.3 is 0 Å². The fourth-order valence-electron chi connectivity index (χ4n) is 2.40. The van der Waals surface area contributed by atoms with Crippen LogP contribution in [0.4, 0.5) is 4.39 Å². The normalized spacial score (nSPS) is 12.3. The maximum atomic E-state index is 13.7. The molecule has 2 N–H and O–H groups in total. The number of fused-ring (bicyclic) bond motifs is 1. The molecule has 6 heteroatoms. The summed E-state index contributed by atoms with van der Waals surface area (Å²) in [5, 5.41) is 3.05. The van der Waals surface area contributed by atoms with Crippen molar-refractivity contribution in [3.63, 3.8) is 0 Å². The molecular formula is C17H15ClFN3O. The van der Waals surface area contributed by atoms with E-state index in [0.717, 1.165) is 11.0 Å². The zero-order valence-corrected chi connectivity index (χ0v) is 13.2. The van der Waals surface area contributed by atoms with Gasteiger partial charge in [-0.1, -0.05) is 29.8 Å². The molecule has 1 heterocycles. The fraction of sp³-hybridized carbons (Fsp3) is 0.176. The van der Waals surface area contributed by atoms with E-state index in [0.29, 0.717) is 5.82 Å². The molecule has 0 saturated heterocycles. The molecule has 0 unspecified atom stereocenters. The molecule has 0 aliphatic rings. The molecule has 0 radical (unpaired) electrons. The van der Waals surface area contributed by atoms with Gasteiger partial charge in [0, 0.05) is 10.6 Å². The second kappa shape index (κ2) is 6.38. The van der Waals surface area contributed by atoms with Crippen molar-refractivity contribution in [3.8, 4) is 0 Å². The Hall–Kier alpha value is -2.40. The number of benzene rings is 2. The summed E-state index contributed by atoms with van der Waals surface area (Å²) >= 11 is 5.94. The SMILES string of the molecule is C[C@@H](NC(=O)Cc1c(F)cccc1Cl)c1nc2ccccc2[nH]1. The van der Waals surface area contributed by atoms with E-state index in [9.17, 15) is 9.18 Å². The number of aromatic nitrogens is 2. The van der Waals surface area contributed by atoms with E-state index >= 15 is 0 Å². The van der Waals surface area contributed by atoms with Crippen LogP contribution in [-0.2, 0) is 11.2 Å². The molecule has 2 aromatic carbocycles. The van der Waals surface area contributed by atoms with Crippen molar-refractivity contribution in [2.75, 3.05) is 0 Å². The summed E-state index contributed by atoms with van der Waals surface area (Å²) in [5.41, 5.74) is 1.94. The number of para-hydroxylation sites is 2. The van der Waals surface area contributed by atoms with Crippen LogP contribution in [0.25, 0.3) is 11.0 Å². The largest absolute Gasteiger partial charge is 0.346 e. The van der Waals surface area contributed by atoms with Crippen molar-refractivity contribution >= 4 is 28.5 Å². The van der Waals surface area contributed by atoms with Crippen molar-refractivity contribution in [2.45, 2.75) is 19.4 Å². The second-order valence-electron chi connectivity index (χ2n) is 5.31. The Morgan fingerprint density at radius 3 is 2.83 bits per heavy atom. The van der Waals surface area contributed by atoms with Gasteiger partial charge in [0.25, 0.3) is 0 Å². The number of nitrogens with one attached hydrogen (secondary N) is 2. The average molecular weight is 332 g/mol. The minimum Gasteiger partial charge on any atom is -0.346 e. The van der Waals surface area contributed by atoms with Gasteiger partial charge < -0.3 is 10.3 Å². The molecule has 0 saturated carbocycles. The lowest BCUT2D eigenvalue weighted by Gasteiger charge is -2.12. The molecule has 3 rings (SSSR count). The number of H-pyrrole nitrogens is 1. The quantitative estimate of drug-likeness (QED) is 0.764. The van der Waals surface area contributed by atoms with Gasteiger partial charge in [-0.25, -0.2) is 9.37 Å². The highest BCUT2D eigenvalue weighted by atomic mass is 35.5. The second-order valence-corrected chi connectivity index (χ2v) is 5.71. The van der Waals surface area contributed by atoms with Gasteiger partial charge in [-0.15, -0.1) is 0 Å². The first-order valence-electron chi connectivity index (χ1n) is 7.21. The Kier molecular flexibility index (Phi) is 4.30. The van der Waals surface area contributed by atoms with E-state index in [-0.39, 0.29) is 29.0 Å². The third-order valence-corrected chi connectivity index (χ3v) is 3.95. The van der Waals surface area contributed by atoms with Crippen molar-refractivity contribution < 1.29 is 9.18 Å². The summed E-state index contributed by atoms with van der Waals surface area (Å²) in [6, 6.07) is 11.7. The van der Waals surface area contributed by atoms with Crippen molar-refractivity contribution in [3.05, 3.63) is 64.7 Å². The molecule has 0 fully saturated rings. The highest BCUT2D eigenvalue weighted by Crippen LogP contribution is 2.20. The van der Waals surface area contributed by atoms with E-state index in [1.54, 1.807) is 6.07 Å². The number of rotatable bonds is 4. The first kappa shape index (κ1) is 15.5. The third-order valence-electron chi connectivity index (χ3n) is 3.59. The lowest BCUT2D eigenvalue weighted by Crippen LogP contribution is -2.29. The van der Waals surface area contributed by atoms with E-state index in [4.69, 9.17) is 11.6 Å². The van der Waals surface area contributed by atoms with Crippen LogP contribution in [0.5, 0.6) is 0 Å². The number of imidazole rings is 1. The van der Waals surface area contributed by atoms with Gasteiger partial charge in [0.05, 0.1) is 23.5 Å². The Bertz CT molecular complexity index is 809. The molecule has 1 atom stereocenters. The van der Waals surface area contributed by atoms with Crippen LogP contribution >= 0.6 is 11.6 Å². The summed E-state index contributed by atoms with van der Waals surface area (Å²) in [5.74, 6) is -0.145. The Morgan fingerprint density at radius 2 is 2.09 bits per heavy atom. The summed E-state index contributed by atoms with van der Waals surface area (Å²) in [6.45, 7) is 1.82. The molecule has 3 aromatic rings. The van der Waals surface area contributed by atoms with Crippen LogP contribution in [0.3, 0.4) is 0 Å². The maximum absolute atomic E-state index is 13.7. The number of carbonyl (C=O) groups excluding carboxylic acids is 1. The van der Waals surface area contributed by atoms with Gasteiger partial charge in [0.15, 0.2) is 0 Å². The van der Waals surface area contributed by atoms with Gasteiger partial charge in [0.1, 0.15) is 11.6 Å². The molecular weight excluding hydrogens is 317 g/mol. The molecule has 0 spiro atoms. The zero-order valence-electron chi connectivity index (χ0n) is 12.4. The third kappa shape index (κ3) is 3.35. The van der Waals surface area contributed by atoms with Crippen LogP contribution in [0.15, 0.2) is 42.5 Å². The first-order chi connectivity index (χ1) is 11.0. The fourth-order valence-corrected chi connectivity index (χ4v) is 2.63. The zero-order chi connectivity index (χ0) is 16.4. The number of aromatic amines is 1. The molecule has 0 bridgehead atoms. The van der Waals surface area contributed by atoms with Crippen molar-refractivity contribution in [2.24, 2.45) is 0 Å². The minimum absolute atomic E-state index is 0.115. The number of halogens is 2. The lowest BCUT2D eigenvalue weighted by atomic mass is 10.1. The highest BCUT2D eigenvalue weighted by Gasteiger charge is 2.16. The van der Waals surface area contributed by atoms with Crippen LogP contribution < -0.4 is 5.32 Å². The molecule has 4 nitrogen and oxygen atoms in total. The van der Waals surface area contributed by atoms with Gasteiger partial charge in [-0.3, -0.25) is 4.79 Å². The number of hydrogen-bond donors (Lipinski definition) is 2. The number of nitrogens with zero attached hydrogens (tertiary/aromatic N) is 1. The Balaban J connectivity index is 1.72. The predicted molar refractivity (Wildman–Crippen MR) is 87.8 cm³/mol. The summed E-state index contributed by atoms with van der Waals surface area (Å²) in [6.07, 6.45) is -0.115. The smallest absolute Gasteiger partial charge is 0.225 e. The lowest BCUT2D eigenvalue weighted by molar-refractivity contribution is -0.121. The molecule has 1 aromatic heterocycles. The highest BCUT2D eigenvalue weighted by molar-refractivity contribution is 6.31. The van der Waals surface area contributed by atoms with E-state index in [2.05, 4.69) is 15.3 Å². The monoisotopic (exact) mass is 331 g/mol. The maximum Gasteiger partial charge on any atom is 0.225 e. The number of carbonyl (C=O) groups is 1. The summed E-state index contributed by atoms with van der Waals surface area (Å²) in [4.78, 5) is 19.7. The number of amides is 1. The van der Waals surface area contributed by atoms with Crippen LogP contribution in [0.2, 0.25) is 5.02 Å². The van der Waals surface area contributed by atoms with Gasteiger partial charge in [0.2, 0.25) is 5.91 Å². The van der Waals surface area contributed by atoms with Crippen LogP contribution in [-0.4, -0.2) is 15.9 Å². The van der Waals surface area contributed by atoms with Crippen LogP contribution in [0, 0.1) is 5.82 Å². The molecule has 23 heavy (non-hydrogen) atoms. The summed E-state index contributed by atoms with van der Waals surface area (Å²) in [7, 11) is 0. The van der Waals surface area contributed by atoms with Gasteiger partial charge in [-0.2, -0.15) is 0 Å². The molecule has 1 amide bonds.